The zero-order valence-corrected chi connectivity index (χ0v) is 17.8. The van der Waals surface area contributed by atoms with Gasteiger partial charge in [0.05, 0.1) is 7.11 Å². The first-order valence-corrected chi connectivity index (χ1v) is 10.3. The Morgan fingerprint density at radius 1 is 1.10 bits per heavy atom. The number of β-amino-alcohol motifs (C(OH)–C–C–N with tert-alkyl or cyclic N) is 1. The zero-order valence-electron chi connectivity index (χ0n) is 17.8. The van der Waals surface area contributed by atoms with E-state index >= 15 is 0 Å². The average molecular weight is 425 g/mol. The highest BCUT2D eigenvalue weighted by Crippen LogP contribution is 2.29. The summed E-state index contributed by atoms with van der Waals surface area (Å²) in [5, 5.41) is 18.3. The number of methoxy groups -OCH3 is 1. The van der Waals surface area contributed by atoms with E-state index in [1.54, 1.807) is 19.5 Å². The largest absolute Gasteiger partial charge is 0.497 e. The molecule has 1 unspecified atom stereocenters. The number of aromatic nitrogens is 3. The molecule has 1 saturated heterocycles. The SMILES string of the molecule is COc1cc(OCC(O)CN2CCN(c3nonc3C)CC2)cc(-c2cccnc2)c1. The first-order valence-electron chi connectivity index (χ1n) is 10.3. The molecule has 2 aromatic heterocycles. The molecule has 0 amide bonds. The molecule has 3 heterocycles. The normalized spacial score (nSPS) is 15.6. The number of aryl methyl sites for hydroxylation is 1. The van der Waals surface area contributed by atoms with Gasteiger partial charge in [-0.1, -0.05) is 11.2 Å². The highest BCUT2D eigenvalue weighted by Gasteiger charge is 2.23. The van der Waals surface area contributed by atoms with Gasteiger partial charge in [0, 0.05) is 56.7 Å². The molecule has 0 aliphatic carbocycles. The number of anilines is 1. The van der Waals surface area contributed by atoms with Gasteiger partial charge in [-0.25, -0.2) is 4.63 Å². The Bertz CT molecular complexity index is 973. The topological polar surface area (TPSA) is 97.0 Å². The van der Waals surface area contributed by atoms with Gasteiger partial charge >= 0.3 is 0 Å². The van der Waals surface area contributed by atoms with Crippen molar-refractivity contribution in [2.45, 2.75) is 13.0 Å². The molecule has 1 aliphatic heterocycles. The molecule has 1 aliphatic rings. The van der Waals surface area contributed by atoms with Gasteiger partial charge in [-0.15, -0.1) is 0 Å². The Morgan fingerprint density at radius 2 is 1.90 bits per heavy atom. The first kappa shape index (κ1) is 21.1. The van der Waals surface area contributed by atoms with Crippen molar-refractivity contribution in [2.75, 3.05) is 51.3 Å². The number of nitrogens with zero attached hydrogens (tertiary/aromatic N) is 5. The summed E-state index contributed by atoms with van der Waals surface area (Å²) in [6.07, 6.45) is 2.93. The van der Waals surface area contributed by atoms with E-state index in [2.05, 4.69) is 25.1 Å². The number of pyridine rings is 1. The number of hydrogen-bond acceptors (Lipinski definition) is 9. The molecule has 1 fully saturated rings. The van der Waals surface area contributed by atoms with Crippen molar-refractivity contribution in [3.8, 4) is 22.6 Å². The standard InChI is InChI=1S/C22H27N5O4/c1-16-22(25-31-24-16)27-8-6-26(7-9-27)14-19(28)15-30-21-11-18(10-20(12-21)29-2)17-4-3-5-23-13-17/h3-5,10-13,19,28H,6-9,14-15H2,1-2H3. The maximum atomic E-state index is 10.5. The van der Waals surface area contributed by atoms with Crippen molar-refractivity contribution in [2.24, 2.45) is 0 Å². The molecule has 31 heavy (non-hydrogen) atoms. The van der Waals surface area contributed by atoms with E-state index in [4.69, 9.17) is 14.1 Å². The number of aliphatic hydroxyl groups is 1. The Hall–Kier alpha value is -3.17. The third kappa shape index (κ3) is 5.31. The number of hydrogen-bond donors (Lipinski definition) is 1. The van der Waals surface area contributed by atoms with Crippen LogP contribution < -0.4 is 14.4 Å². The quantitative estimate of drug-likeness (QED) is 0.581. The monoisotopic (exact) mass is 425 g/mol. The van der Waals surface area contributed by atoms with Crippen LogP contribution in [0, 0.1) is 6.92 Å². The van der Waals surface area contributed by atoms with Gasteiger partial charge in [0.15, 0.2) is 5.82 Å². The maximum Gasteiger partial charge on any atom is 0.196 e. The summed E-state index contributed by atoms with van der Waals surface area (Å²) in [6.45, 7) is 5.91. The van der Waals surface area contributed by atoms with Crippen LogP contribution in [0.3, 0.4) is 0 Å². The minimum atomic E-state index is -0.602. The van der Waals surface area contributed by atoms with Crippen LogP contribution in [0.5, 0.6) is 11.5 Å². The van der Waals surface area contributed by atoms with Crippen LogP contribution in [-0.2, 0) is 0 Å². The van der Waals surface area contributed by atoms with Crippen LogP contribution in [-0.4, -0.2) is 77.8 Å². The molecular weight excluding hydrogens is 398 g/mol. The molecule has 0 spiro atoms. The van der Waals surface area contributed by atoms with E-state index in [0.29, 0.717) is 18.0 Å². The number of benzene rings is 1. The summed E-state index contributed by atoms with van der Waals surface area (Å²) in [7, 11) is 1.62. The lowest BCUT2D eigenvalue weighted by molar-refractivity contribution is 0.0661. The molecule has 1 N–H and O–H groups in total. The van der Waals surface area contributed by atoms with E-state index in [1.165, 1.54) is 0 Å². The fraction of sp³-hybridized carbons (Fsp3) is 0.409. The van der Waals surface area contributed by atoms with Gasteiger partial charge < -0.3 is 19.5 Å². The molecule has 0 bridgehead atoms. The lowest BCUT2D eigenvalue weighted by atomic mass is 10.1. The number of piperazine rings is 1. The maximum absolute atomic E-state index is 10.5. The highest BCUT2D eigenvalue weighted by atomic mass is 16.6. The first-order chi connectivity index (χ1) is 15.1. The van der Waals surface area contributed by atoms with Gasteiger partial charge in [-0.2, -0.15) is 0 Å². The van der Waals surface area contributed by atoms with Crippen molar-refractivity contribution in [1.82, 2.24) is 20.2 Å². The van der Waals surface area contributed by atoms with Gasteiger partial charge in [0.2, 0.25) is 0 Å². The van der Waals surface area contributed by atoms with Crippen molar-refractivity contribution in [1.29, 1.82) is 0 Å². The Labute approximate surface area is 181 Å². The lowest BCUT2D eigenvalue weighted by Gasteiger charge is -2.35. The molecule has 164 valence electrons. The number of rotatable bonds is 8. The van der Waals surface area contributed by atoms with E-state index in [1.807, 2.05) is 37.3 Å². The smallest absolute Gasteiger partial charge is 0.196 e. The molecule has 1 atom stereocenters. The van der Waals surface area contributed by atoms with Gasteiger partial charge in [-0.3, -0.25) is 9.88 Å². The van der Waals surface area contributed by atoms with Crippen molar-refractivity contribution in [3.63, 3.8) is 0 Å². The second-order valence-electron chi connectivity index (χ2n) is 7.56. The Balaban J connectivity index is 1.30. The van der Waals surface area contributed by atoms with E-state index in [9.17, 15) is 5.11 Å². The third-order valence-electron chi connectivity index (χ3n) is 5.32. The van der Waals surface area contributed by atoms with E-state index in [-0.39, 0.29) is 6.61 Å². The minimum Gasteiger partial charge on any atom is -0.497 e. The minimum absolute atomic E-state index is 0.201. The number of ether oxygens (including phenoxy) is 2. The zero-order chi connectivity index (χ0) is 21.6. The van der Waals surface area contributed by atoms with Gasteiger partial charge in [-0.05, 0) is 35.8 Å². The lowest BCUT2D eigenvalue weighted by Crippen LogP contribution is -2.49. The molecule has 3 aromatic rings. The summed E-state index contributed by atoms with van der Waals surface area (Å²) >= 11 is 0. The summed E-state index contributed by atoms with van der Waals surface area (Å²) in [4.78, 5) is 8.55. The van der Waals surface area contributed by atoms with Crippen LogP contribution in [0.15, 0.2) is 47.4 Å². The third-order valence-corrected chi connectivity index (χ3v) is 5.32. The predicted molar refractivity (Wildman–Crippen MR) is 115 cm³/mol. The van der Waals surface area contributed by atoms with Gasteiger partial charge in [0.25, 0.3) is 0 Å². The van der Waals surface area contributed by atoms with E-state index < -0.39 is 6.10 Å². The molecule has 4 rings (SSSR count). The van der Waals surface area contributed by atoms with Crippen molar-refractivity contribution in [3.05, 3.63) is 48.4 Å². The van der Waals surface area contributed by atoms with Gasteiger partial charge in [0.1, 0.15) is 29.9 Å². The second kappa shape index (κ2) is 9.76. The Kier molecular flexibility index (Phi) is 6.63. The summed E-state index contributed by atoms with van der Waals surface area (Å²) in [6, 6.07) is 9.56. The average Bonchev–Trinajstić information content (AvgIpc) is 3.24. The fourth-order valence-corrected chi connectivity index (χ4v) is 3.67. The van der Waals surface area contributed by atoms with Crippen LogP contribution in [0.4, 0.5) is 5.82 Å². The van der Waals surface area contributed by atoms with Crippen LogP contribution in [0.2, 0.25) is 0 Å². The molecule has 9 nitrogen and oxygen atoms in total. The molecule has 9 heteroatoms. The predicted octanol–water partition coefficient (Wildman–Crippen LogP) is 2.01. The second-order valence-corrected chi connectivity index (χ2v) is 7.56. The summed E-state index contributed by atoms with van der Waals surface area (Å²) in [5.74, 6) is 2.14. The molecule has 0 radical (unpaired) electrons. The molecular formula is C22H27N5O4. The molecule has 1 aromatic carbocycles. The summed E-state index contributed by atoms with van der Waals surface area (Å²) < 4.78 is 16.1. The highest BCUT2D eigenvalue weighted by molar-refractivity contribution is 5.66. The van der Waals surface area contributed by atoms with Crippen LogP contribution >= 0.6 is 0 Å². The summed E-state index contributed by atoms with van der Waals surface area (Å²) in [5.41, 5.74) is 2.72. The molecule has 0 saturated carbocycles. The van der Waals surface area contributed by atoms with Crippen LogP contribution in [0.1, 0.15) is 5.69 Å². The Morgan fingerprint density at radius 3 is 2.58 bits per heavy atom. The van der Waals surface area contributed by atoms with E-state index in [0.717, 1.165) is 48.8 Å². The van der Waals surface area contributed by atoms with Crippen molar-refractivity contribution < 1.29 is 19.2 Å². The number of aliphatic hydroxyl groups excluding tert-OH is 1. The van der Waals surface area contributed by atoms with Crippen molar-refractivity contribution >= 4 is 5.82 Å². The fourth-order valence-electron chi connectivity index (χ4n) is 3.67. The van der Waals surface area contributed by atoms with Crippen LogP contribution in [0.25, 0.3) is 11.1 Å².